The number of imidazole rings is 1. The number of fused-ring (bicyclic) bond motifs is 3. The van der Waals surface area contributed by atoms with E-state index in [0.717, 1.165) is 17.1 Å². The summed E-state index contributed by atoms with van der Waals surface area (Å²) < 4.78 is 7.57. The topological polar surface area (TPSA) is 27.1 Å². The lowest BCUT2D eigenvalue weighted by molar-refractivity contribution is 0.285. The van der Waals surface area contributed by atoms with Gasteiger partial charge in [-0.15, -0.1) is 6.42 Å². The molecule has 72 valence electrons. The van der Waals surface area contributed by atoms with Gasteiger partial charge in [-0.1, -0.05) is 12.1 Å². The number of terminal acetylenes is 1. The molecule has 0 saturated heterocycles. The molecule has 0 fully saturated rings. The Balaban J connectivity index is 2.28. The summed E-state index contributed by atoms with van der Waals surface area (Å²) in [6.07, 6.45) is 7.10. The summed E-state index contributed by atoms with van der Waals surface area (Å²) in [5.74, 6) is 3.42. The minimum atomic E-state index is 0.483. The molecule has 0 amide bonds. The van der Waals surface area contributed by atoms with Crippen molar-refractivity contribution in [1.82, 2.24) is 9.55 Å². The molecule has 0 spiro atoms. The van der Waals surface area contributed by atoms with Gasteiger partial charge in [-0.05, 0) is 18.1 Å². The van der Waals surface area contributed by atoms with Crippen molar-refractivity contribution in [2.75, 3.05) is 0 Å². The van der Waals surface area contributed by atoms with Crippen LogP contribution in [0.3, 0.4) is 0 Å². The highest BCUT2D eigenvalue weighted by Crippen LogP contribution is 2.29. The number of rotatable bonds is 0. The minimum Gasteiger partial charge on any atom is -0.485 e. The van der Waals surface area contributed by atoms with Crippen LogP contribution in [0.1, 0.15) is 11.4 Å². The van der Waals surface area contributed by atoms with Gasteiger partial charge in [0.05, 0.1) is 11.4 Å². The molecule has 3 nitrogen and oxygen atoms in total. The van der Waals surface area contributed by atoms with Gasteiger partial charge in [0.15, 0.2) is 0 Å². The summed E-state index contributed by atoms with van der Waals surface area (Å²) in [6.45, 7) is 0.483. The first-order chi connectivity index (χ1) is 7.40. The molecule has 0 N–H and O–H groups in total. The van der Waals surface area contributed by atoms with E-state index in [2.05, 4.69) is 10.9 Å². The fourth-order valence-electron chi connectivity index (χ4n) is 1.76. The molecular weight excluding hydrogens is 188 g/mol. The van der Waals surface area contributed by atoms with Crippen LogP contribution in [0.4, 0.5) is 0 Å². The van der Waals surface area contributed by atoms with Gasteiger partial charge in [-0.3, -0.25) is 4.57 Å². The predicted molar refractivity (Wildman–Crippen MR) is 55.8 cm³/mol. The van der Waals surface area contributed by atoms with Gasteiger partial charge in [-0.25, -0.2) is 4.98 Å². The Morgan fingerprint density at radius 1 is 1.40 bits per heavy atom. The van der Waals surface area contributed by atoms with Crippen LogP contribution < -0.4 is 4.74 Å². The second-order valence-electron chi connectivity index (χ2n) is 3.31. The summed E-state index contributed by atoms with van der Waals surface area (Å²) in [6, 6.07) is 7.84. The maximum absolute atomic E-state index is 5.59. The van der Waals surface area contributed by atoms with Gasteiger partial charge in [0.1, 0.15) is 24.4 Å². The van der Waals surface area contributed by atoms with Crippen LogP contribution in [0.15, 0.2) is 30.6 Å². The average molecular weight is 196 g/mol. The van der Waals surface area contributed by atoms with Gasteiger partial charge in [0.25, 0.3) is 0 Å². The first-order valence-electron chi connectivity index (χ1n) is 4.65. The highest BCUT2D eigenvalue weighted by atomic mass is 16.5. The molecular formula is C12H8N2O. The summed E-state index contributed by atoms with van der Waals surface area (Å²) in [7, 11) is 0. The highest BCUT2D eigenvalue weighted by molar-refractivity contribution is 5.51. The third-order valence-corrected chi connectivity index (χ3v) is 2.49. The van der Waals surface area contributed by atoms with Gasteiger partial charge in [-0.2, -0.15) is 0 Å². The van der Waals surface area contributed by atoms with Crippen molar-refractivity contribution < 1.29 is 4.74 Å². The zero-order valence-corrected chi connectivity index (χ0v) is 7.97. The zero-order valence-electron chi connectivity index (χ0n) is 7.97. The van der Waals surface area contributed by atoms with Crippen molar-refractivity contribution >= 4 is 0 Å². The smallest absolute Gasteiger partial charge is 0.143 e. The molecule has 0 radical (unpaired) electrons. The largest absolute Gasteiger partial charge is 0.485 e. The van der Waals surface area contributed by atoms with Crippen LogP contribution in [0.5, 0.6) is 5.75 Å². The van der Waals surface area contributed by atoms with E-state index in [0.29, 0.717) is 12.3 Å². The number of hydrogen-bond donors (Lipinski definition) is 0. The van der Waals surface area contributed by atoms with E-state index in [9.17, 15) is 0 Å². The molecule has 15 heavy (non-hydrogen) atoms. The standard InChI is InChI=1S/C12H8N2O/c1-2-9-11-7-15-12-6-4-3-5-10(12)14(11)8-13-9/h1,3-6,8H,7H2. The number of para-hydroxylation sites is 2. The maximum Gasteiger partial charge on any atom is 0.143 e. The lowest BCUT2D eigenvalue weighted by atomic mass is 10.2. The fourth-order valence-corrected chi connectivity index (χ4v) is 1.76. The molecule has 0 atom stereocenters. The van der Waals surface area contributed by atoms with Crippen molar-refractivity contribution in [2.24, 2.45) is 0 Å². The number of nitrogens with zero attached hydrogens (tertiary/aromatic N) is 2. The molecule has 1 aliphatic heterocycles. The molecule has 1 aromatic carbocycles. The third kappa shape index (κ3) is 1.05. The number of ether oxygens (including phenoxy) is 1. The maximum atomic E-state index is 5.59. The third-order valence-electron chi connectivity index (χ3n) is 2.49. The molecule has 1 aliphatic rings. The quantitative estimate of drug-likeness (QED) is 0.600. The van der Waals surface area contributed by atoms with E-state index >= 15 is 0 Å². The molecule has 2 heterocycles. The summed E-state index contributed by atoms with van der Waals surface area (Å²) in [5, 5.41) is 0. The monoisotopic (exact) mass is 196 g/mol. The van der Waals surface area contributed by atoms with Crippen molar-refractivity contribution in [3.05, 3.63) is 42.0 Å². The van der Waals surface area contributed by atoms with Gasteiger partial charge in [0.2, 0.25) is 0 Å². The van der Waals surface area contributed by atoms with Crippen molar-refractivity contribution in [3.63, 3.8) is 0 Å². The second kappa shape index (κ2) is 2.89. The van der Waals surface area contributed by atoms with Crippen molar-refractivity contribution in [2.45, 2.75) is 6.61 Å². The van der Waals surface area contributed by atoms with E-state index in [4.69, 9.17) is 11.2 Å². The molecule has 0 aliphatic carbocycles. The summed E-state index contributed by atoms with van der Waals surface area (Å²) in [4.78, 5) is 4.16. The Kier molecular flexibility index (Phi) is 1.57. The SMILES string of the molecule is C#Cc1ncn2c1COc1ccccc1-2. The normalized spacial score (nSPS) is 12.2. The Morgan fingerprint density at radius 3 is 3.13 bits per heavy atom. The number of aromatic nitrogens is 2. The Labute approximate surface area is 87.3 Å². The molecule has 0 saturated carbocycles. The molecule has 0 unspecified atom stereocenters. The Hall–Kier alpha value is -2.21. The van der Waals surface area contributed by atoms with Crippen LogP contribution in [0.2, 0.25) is 0 Å². The van der Waals surface area contributed by atoms with Crippen molar-refractivity contribution in [1.29, 1.82) is 0 Å². The van der Waals surface area contributed by atoms with E-state index in [1.54, 1.807) is 6.33 Å². The van der Waals surface area contributed by atoms with Crippen LogP contribution in [0, 0.1) is 12.3 Å². The van der Waals surface area contributed by atoms with Gasteiger partial charge < -0.3 is 4.74 Å². The second-order valence-corrected chi connectivity index (χ2v) is 3.31. The first-order valence-corrected chi connectivity index (χ1v) is 4.65. The summed E-state index contributed by atoms with van der Waals surface area (Å²) in [5.41, 5.74) is 2.59. The van der Waals surface area contributed by atoms with Crippen LogP contribution in [-0.2, 0) is 6.61 Å². The van der Waals surface area contributed by atoms with Crippen LogP contribution >= 0.6 is 0 Å². The lowest BCUT2D eigenvalue weighted by Crippen LogP contribution is -2.12. The Morgan fingerprint density at radius 2 is 2.27 bits per heavy atom. The fraction of sp³-hybridized carbons (Fsp3) is 0.0833. The zero-order chi connectivity index (χ0) is 10.3. The summed E-state index contributed by atoms with van der Waals surface area (Å²) >= 11 is 0. The predicted octanol–water partition coefficient (Wildman–Crippen LogP) is 1.75. The molecule has 0 bridgehead atoms. The minimum absolute atomic E-state index is 0.483. The Bertz CT molecular complexity index is 563. The molecule has 3 heteroatoms. The van der Waals surface area contributed by atoms with E-state index in [1.165, 1.54) is 0 Å². The molecule has 3 rings (SSSR count). The highest BCUT2D eigenvalue weighted by Gasteiger charge is 2.19. The molecule has 1 aromatic heterocycles. The van der Waals surface area contributed by atoms with E-state index in [-0.39, 0.29) is 0 Å². The lowest BCUT2D eigenvalue weighted by Gasteiger charge is -2.19. The van der Waals surface area contributed by atoms with Crippen LogP contribution in [-0.4, -0.2) is 9.55 Å². The van der Waals surface area contributed by atoms with E-state index in [1.807, 2.05) is 28.8 Å². The number of hydrogen-bond acceptors (Lipinski definition) is 2. The van der Waals surface area contributed by atoms with Crippen LogP contribution in [0.25, 0.3) is 5.69 Å². The van der Waals surface area contributed by atoms with Crippen molar-refractivity contribution in [3.8, 4) is 23.8 Å². The van der Waals surface area contributed by atoms with Gasteiger partial charge in [0, 0.05) is 0 Å². The first kappa shape index (κ1) is 8.13. The van der Waals surface area contributed by atoms with E-state index < -0.39 is 0 Å². The molecule has 2 aromatic rings. The van der Waals surface area contributed by atoms with Gasteiger partial charge >= 0.3 is 0 Å². The number of benzene rings is 1. The average Bonchev–Trinajstić information content (AvgIpc) is 2.72.